The van der Waals surface area contributed by atoms with Crippen LogP contribution in [0.3, 0.4) is 0 Å². The Balaban J connectivity index is 1.52. The summed E-state index contributed by atoms with van der Waals surface area (Å²) in [6.07, 6.45) is 1.91. The lowest BCUT2D eigenvalue weighted by Gasteiger charge is -1.97. The monoisotopic (exact) mass is 336 g/mol. The number of aromatic nitrogens is 4. The van der Waals surface area contributed by atoms with E-state index in [-0.39, 0.29) is 5.82 Å². The molecule has 0 aliphatic heterocycles. The van der Waals surface area contributed by atoms with E-state index in [0.717, 1.165) is 27.5 Å². The SMILES string of the molecule is Fc1ccc(-c2nc(Cn3cc(-c4ccccc4)nn3)cs2)cc1. The van der Waals surface area contributed by atoms with Crippen LogP contribution in [0.1, 0.15) is 5.69 Å². The summed E-state index contributed by atoms with van der Waals surface area (Å²) in [6.45, 7) is 0.553. The molecule has 0 spiro atoms. The Hall–Kier alpha value is -2.86. The fourth-order valence-electron chi connectivity index (χ4n) is 2.39. The average molecular weight is 336 g/mol. The van der Waals surface area contributed by atoms with Crippen molar-refractivity contribution in [1.29, 1.82) is 0 Å². The number of benzene rings is 2. The van der Waals surface area contributed by atoms with E-state index in [1.165, 1.54) is 23.5 Å². The summed E-state index contributed by atoms with van der Waals surface area (Å²) in [5.41, 5.74) is 3.69. The standard InChI is InChI=1S/C18H13FN4S/c19-15-8-6-14(7-9-15)18-20-16(12-24-18)10-23-11-17(21-22-23)13-4-2-1-3-5-13/h1-9,11-12H,10H2. The zero-order valence-corrected chi connectivity index (χ0v) is 13.4. The molecule has 2 heterocycles. The van der Waals surface area contributed by atoms with Gasteiger partial charge >= 0.3 is 0 Å². The van der Waals surface area contributed by atoms with Crippen molar-refractivity contribution in [3.63, 3.8) is 0 Å². The Morgan fingerprint density at radius 2 is 1.75 bits per heavy atom. The highest BCUT2D eigenvalue weighted by atomic mass is 32.1. The quantitative estimate of drug-likeness (QED) is 0.559. The van der Waals surface area contributed by atoms with Crippen molar-refractivity contribution in [3.05, 3.63) is 77.7 Å². The van der Waals surface area contributed by atoms with Crippen molar-refractivity contribution >= 4 is 11.3 Å². The summed E-state index contributed by atoms with van der Waals surface area (Å²) in [7, 11) is 0. The predicted molar refractivity (Wildman–Crippen MR) is 92.1 cm³/mol. The Labute approximate surface area is 142 Å². The van der Waals surface area contributed by atoms with Gasteiger partial charge in [-0.05, 0) is 24.3 Å². The number of thiazole rings is 1. The molecule has 0 aliphatic carbocycles. The summed E-state index contributed by atoms with van der Waals surface area (Å²) in [4.78, 5) is 4.59. The maximum Gasteiger partial charge on any atom is 0.123 e. The Morgan fingerprint density at radius 3 is 2.54 bits per heavy atom. The second kappa shape index (κ2) is 6.33. The zero-order chi connectivity index (χ0) is 16.4. The molecule has 0 fully saturated rings. The first-order valence-corrected chi connectivity index (χ1v) is 8.32. The van der Waals surface area contributed by atoms with E-state index in [1.54, 1.807) is 16.8 Å². The third-order valence-electron chi connectivity index (χ3n) is 3.58. The van der Waals surface area contributed by atoms with Gasteiger partial charge in [-0.15, -0.1) is 16.4 Å². The van der Waals surface area contributed by atoms with Crippen molar-refractivity contribution in [3.8, 4) is 21.8 Å². The van der Waals surface area contributed by atoms with Gasteiger partial charge in [0.2, 0.25) is 0 Å². The van der Waals surface area contributed by atoms with Crippen molar-refractivity contribution in [2.75, 3.05) is 0 Å². The molecule has 2 aromatic heterocycles. The van der Waals surface area contributed by atoms with Crippen LogP contribution < -0.4 is 0 Å². The lowest BCUT2D eigenvalue weighted by Crippen LogP contribution is -2.00. The molecule has 0 bridgehead atoms. The maximum absolute atomic E-state index is 13.0. The van der Waals surface area contributed by atoms with E-state index in [4.69, 9.17) is 0 Å². The number of nitrogens with zero attached hydrogens (tertiary/aromatic N) is 4. The minimum Gasteiger partial charge on any atom is -0.246 e. The third-order valence-corrected chi connectivity index (χ3v) is 4.52. The first-order chi connectivity index (χ1) is 11.8. The summed E-state index contributed by atoms with van der Waals surface area (Å²) >= 11 is 1.54. The molecule has 0 unspecified atom stereocenters. The molecule has 0 atom stereocenters. The van der Waals surface area contributed by atoms with Gasteiger partial charge in [0.15, 0.2) is 0 Å². The van der Waals surface area contributed by atoms with Crippen LogP contribution in [-0.2, 0) is 6.54 Å². The van der Waals surface area contributed by atoms with Crippen LogP contribution in [0, 0.1) is 5.82 Å². The van der Waals surface area contributed by atoms with Crippen LogP contribution in [-0.4, -0.2) is 20.0 Å². The highest BCUT2D eigenvalue weighted by molar-refractivity contribution is 7.13. The normalized spacial score (nSPS) is 10.9. The number of halogens is 1. The van der Waals surface area contributed by atoms with E-state index in [2.05, 4.69) is 15.3 Å². The van der Waals surface area contributed by atoms with Crippen LogP contribution in [0.5, 0.6) is 0 Å². The van der Waals surface area contributed by atoms with E-state index in [1.807, 2.05) is 41.9 Å². The fourth-order valence-corrected chi connectivity index (χ4v) is 3.20. The van der Waals surface area contributed by atoms with E-state index < -0.39 is 0 Å². The van der Waals surface area contributed by atoms with Gasteiger partial charge in [-0.25, -0.2) is 14.1 Å². The molecule has 4 nitrogen and oxygen atoms in total. The van der Waals surface area contributed by atoms with Gasteiger partial charge < -0.3 is 0 Å². The predicted octanol–water partition coefficient (Wildman–Crippen LogP) is 4.26. The van der Waals surface area contributed by atoms with Gasteiger partial charge in [0.1, 0.15) is 16.5 Å². The van der Waals surface area contributed by atoms with Gasteiger partial charge in [0.05, 0.1) is 18.4 Å². The minimum absolute atomic E-state index is 0.244. The Morgan fingerprint density at radius 1 is 0.958 bits per heavy atom. The summed E-state index contributed by atoms with van der Waals surface area (Å²) in [6, 6.07) is 16.3. The summed E-state index contributed by atoms with van der Waals surface area (Å²) in [5.74, 6) is -0.244. The largest absolute Gasteiger partial charge is 0.246 e. The van der Waals surface area contributed by atoms with E-state index >= 15 is 0 Å². The molecule has 2 aromatic carbocycles. The van der Waals surface area contributed by atoms with Crippen molar-refractivity contribution in [2.45, 2.75) is 6.54 Å². The molecule has 0 radical (unpaired) electrons. The van der Waals surface area contributed by atoms with Crippen LogP contribution >= 0.6 is 11.3 Å². The summed E-state index contributed by atoms with van der Waals surface area (Å²) < 4.78 is 14.8. The van der Waals surface area contributed by atoms with Crippen LogP contribution in [0.25, 0.3) is 21.8 Å². The molecule has 6 heteroatoms. The highest BCUT2D eigenvalue weighted by Gasteiger charge is 2.08. The van der Waals surface area contributed by atoms with Crippen molar-refractivity contribution < 1.29 is 4.39 Å². The molecule has 118 valence electrons. The molecule has 0 saturated carbocycles. The van der Waals surface area contributed by atoms with Gasteiger partial charge in [-0.1, -0.05) is 35.5 Å². The lowest BCUT2D eigenvalue weighted by molar-refractivity contribution is 0.628. The zero-order valence-electron chi connectivity index (χ0n) is 12.6. The first kappa shape index (κ1) is 14.7. The third kappa shape index (κ3) is 3.09. The molecule has 0 aliphatic rings. The molecular formula is C18H13FN4S. The molecular weight excluding hydrogens is 323 g/mol. The van der Waals surface area contributed by atoms with Gasteiger partial charge in [-0.2, -0.15) is 0 Å². The average Bonchev–Trinajstić information content (AvgIpc) is 3.27. The summed E-state index contributed by atoms with van der Waals surface area (Å²) in [5, 5.41) is 11.2. The van der Waals surface area contributed by atoms with Gasteiger partial charge in [-0.3, -0.25) is 0 Å². The number of rotatable bonds is 4. The van der Waals surface area contributed by atoms with Crippen LogP contribution in [0.15, 0.2) is 66.2 Å². The molecule has 0 saturated heterocycles. The molecule has 0 N–H and O–H groups in total. The minimum atomic E-state index is -0.244. The molecule has 4 rings (SSSR count). The van der Waals surface area contributed by atoms with Crippen LogP contribution in [0.2, 0.25) is 0 Å². The number of hydrogen-bond donors (Lipinski definition) is 0. The molecule has 4 aromatic rings. The Kier molecular flexibility index (Phi) is 3.88. The lowest BCUT2D eigenvalue weighted by atomic mass is 10.2. The van der Waals surface area contributed by atoms with Crippen LogP contribution in [0.4, 0.5) is 4.39 Å². The topological polar surface area (TPSA) is 43.6 Å². The highest BCUT2D eigenvalue weighted by Crippen LogP contribution is 2.24. The molecule has 24 heavy (non-hydrogen) atoms. The van der Waals surface area contributed by atoms with Gasteiger partial charge in [0, 0.05) is 16.5 Å². The first-order valence-electron chi connectivity index (χ1n) is 7.44. The Bertz CT molecular complexity index is 945. The number of hydrogen-bond acceptors (Lipinski definition) is 4. The maximum atomic E-state index is 13.0. The fraction of sp³-hybridized carbons (Fsp3) is 0.0556. The van der Waals surface area contributed by atoms with Crippen molar-refractivity contribution in [1.82, 2.24) is 20.0 Å². The van der Waals surface area contributed by atoms with Crippen molar-refractivity contribution in [2.24, 2.45) is 0 Å². The second-order valence-corrected chi connectivity index (χ2v) is 6.18. The second-order valence-electron chi connectivity index (χ2n) is 5.32. The van der Waals surface area contributed by atoms with Gasteiger partial charge in [0.25, 0.3) is 0 Å². The van der Waals surface area contributed by atoms with E-state index in [0.29, 0.717) is 6.54 Å². The van der Waals surface area contributed by atoms with E-state index in [9.17, 15) is 4.39 Å². The molecule has 0 amide bonds. The smallest absolute Gasteiger partial charge is 0.123 e.